The second-order valence-electron chi connectivity index (χ2n) is 4.38. The Morgan fingerprint density at radius 3 is 1.95 bits per heavy atom. The van der Waals surface area contributed by atoms with Gasteiger partial charge in [-0.15, -0.1) is 0 Å². The molecule has 1 aromatic heterocycles. The molecule has 0 saturated carbocycles. The molecule has 1 heterocycles. The first kappa shape index (κ1) is 11.5. The number of rotatable bonds is 2. The Labute approximate surface area is 112 Å². The van der Waals surface area contributed by atoms with E-state index >= 15 is 0 Å². The molecule has 0 radical (unpaired) electrons. The first-order valence-electron chi connectivity index (χ1n) is 6.21. The Morgan fingerprint density at radius 2 is 1.26 bits per heavy atom. The highest BCUT2D eigenvalue weighted by molar-refractivity contribution is 5.76. The monoisotopic (exact) mass is 246 g/mol. The van der Waals surface area contributed by atoms with Crippen LogP contribution >= 0.6 is 0 Å². The van der Waals surface area contributed by atoms with Gasteiger partial charge in [0.05, 0.1) is 0 Å². The normalized spacial score (nSPS) is 10.3. The van der Waals surface area contributed by atoms with E-state index in [4.69, 9.17) is 5.73 Å². The van der Waals surface area contributed by atoms with E-state index in [1.165, 1.54) is 11.1 Å². The third-order valence-electron chi connectivity index (χ3n) is 3.14. The molecule has 2 aromatic carbocycles. The number of nitrogens with two attached hydrogens (primary N) is 1. The molecule has 2 heteroatoms. The molecule has 0 aliphatic heterocycles. The van der Waals surface area contributed by atoms with E-state index in [0.717, 1.165) is 11.1 Å². The van der Waals surface area contributed by atoms with Crippen molar-refractivity contribution in [3.63, 3.8) is 0 Å². The second-order valence-corrected chi connectivity index (χ2v) is 4.38. The van der Waals surface area contributed by atoms with E-state index < -0.39 is 0 Å². The second kappa shape index (κ2) is 4.94. The van der Waals surface area contributed by atoms with Gasteiger partial charge in [0.25, 0.3) is 0 Å². The van der Waals surface area contributed by atoms with E-state index in [1.54, 1.807) is 6.20 Å². The van der Waals surface area contributed by atoms with Crippen LogP contribution in [0.4, 0.5) is 5.82 Å². The Morgan fingerprint density at radius 1 is 0.632 bits per heavy atom. The van der Waals surface area contributed by atoms with Crippen molar-refractivity contribution in [3.8, 4) is 22.3 Å². The van der Waals surface area contributed by atoms with E-state index in [-0.39, 0.29) is 0 Å². The molecule has 3 aromatic rings. The van der Waals surface area contributed by atoms with Crippen LogP contribution in [-0.4, -0.2) is 4.98 Å². The molecule has 2 nitrogen and oxygen atoms in total. The van der Waals surface area contributed by atoms with Crippen LogP contribution in [0.3, 0.4) is 0 Å². The molecule has 92 valence electrons. The zero-order valence-electron chi connectivity index (χ0n) is 10.5. The number of hydrogen-bond donors (Lipinski definition) is 1. The van der Waals surface area contributed by atoms with Gasteiger partial charge in [-0.25, -0.2) is 4.98 Å². The first-order valence-corrected chi connectivity index (χ1v) is 6.21. The van der Waals surface area contributed by atoms with Crippen molar-refractivity contribution >= 4 is 5.82 Å². The van der Waals surface area contributed by atoms with Gasteiger partial charge >= 0.3 is 0 Å². The molecule has 0 saturated heterocycles. The number of benzene rings is 2. The molecule has 0 amide bonds. The summed E-state index contributed by atoms with van der Waals surface area (Å²) in [4.78, 5) is 4.11. The van der Waals surface area contributed by atoms with Crippen molar-refractivity contribution in [1.82, 2.24) is 4.98 Å². The summed E-state index contributed by atoms with van der Waals surface area (Å²) in [6.07, 6.45) is 1.71. The van der Waals surface area contributed by atoms with Gasteiger partial charge in [-0.1, -0.05) is 54.6 Å². The number of hydrogen-bond acceptors (Lipinski definition) is 2. The summed E-state index contributed by atoms with van der Waals surface area (Å²) in [5.74, 6) is 0.565. The standard InChI is InChI=1S/C17H14N2/c18-17-16(7-4-12-19-17)15-10-8-14(9-11-15)13-5-2-1-3-6-13/h1-12H,(H2,18,19). The maximum atomic E-state index is 5.89. The Balaban J connectivity index is 1.98. The molecule has 0 aliphatic rings. The summed E-state index contributed by atoms with van der Waals surface area (Å²) in [6.45, 7) is 0. The molecular weight excluding hydrogens is 232 g/mol. The molecule has 2 N–H and O–H groups in total. The van der Waals surface area contributed by atoms with Crippen LogP contribution in [0.25, 0.3) is 22.3 Å². The fourth-order valence-corrected chi connectivity index (χ4v) is 2.13. The molecule has 0 unspecified atom stereocenters. The lowest BCUT2D eigenvalue weighted by atomic mass is 10.0. The zero-order chi connectivity index (χ0) is 13.1. The van der Waals surface area contributed by atoms with Crippen LogP contribution in [0.2, 0.25) is 0 Å². The predicted octanol–water partition coefficient (Wildman–Crippen LogP) is 4.00. The minimum atomic E-state index is 0.565. The minimum Gasteiger partial charge on any atom is -0.383 e. The van der Waals surface area contributed by atoms with E-state index in [9.17, 15) is 0 Å². The number of nitrogens with zero attached hydrogens (tertiary/aromatic N) is 1. The summed E-state index contributed by atoms with van der Waals surface area (Å²) >= 11 is 0. The van der Waals surface area contributed by atoms with Crippen LogP contribution in [-0.2, 0) is 0 Å². The topological polar surface area (TPSA) is 38.9 Å². The van der Waals surface area contributed by atoms with Gasteiger partial charge in [0.15, 0.2) is 0 Å². The van der Waals surface area contributed by atoms with Crippen LogP contribution in [0.15, 0.2) is 72.9 Å². The Bertz CT molecular complexity index is 673. The van der Waals surface area contributed by atoms with E-state index in [0.29, 0.717) is 5.82 Å². The molecule has 19 heavy (non-hydrogen) atoms. The molecule has 0 aliphatic carbocycles. The summed E-state index contributed by atoms with van der Waals surface area (Å²) in [5, 5.41) is 0. The molecular formula is C17H14N2. The van der Waals surface area contributed by atoms with Crippen molar-refractivity contribution in [2.24, 2.45) is 0 Å². The lowest BCUT2D eigenvalue weighted by Gasteiger charge is -2.06. The lowest BCUT2D eigenvalue weighted by molar-refractivity contribution is 1.34. The van der Waals surface area contributed by atoms with Crippen LogP contribution in [0.1, 0.15) is 0 Å². The molecule has 0 atom stereocenters. The largest absolute Gasteiger partial charge is 0.383 e. The Kier molecular flexibility index (Phi) is 2.99. The maximum absolute atomic E-state index is 5.89. The van der Waals surface area contributed by atoms with E-state index in [2.05, 4.69) is 41.4 Å². The SMILES string of the molecule is Nc1ncccc1-c1ccc(-c2ccccc2)cc1. The van der Waals surface area contributed by atoms with Gasteiger partial charge in [0, 0.05) is 11.8 Å². The van der Waals surface area contributed by atoms with Gasteiger partial charge in [0.2, 0.25) is 0 Å². The van der Waals surface area contributed by atoms with E-state index in [1.807, 2.05) is 30.3 Å². The van der Waals surface area contributed by atoms with Gasteiger partial charge in [-0.3, -0.25) is 0 Å². The summed E-state index contributed by atoms with van der Waals surface area (Å²) < 4.78 is 0. The predicted molar refractivity (Wildman–Crippen MR) is 79.5 cm³/mol. The number of pyridine rings is 1. The summed E-state index contributed by atoms with van der Waals surface area (Å²) in [6, 6.07) is 22.6. The average molecular weight is 246 g/mol. The highest BCUT2D eigenvalue weighted by Gasteiger charge is 2.03. The van der Waals surface area contributed by atoms with Crippen molar-refractivity contribution in [2.45, 2.75) is 0 Å². The van der Waals surface area contributed by atoms with Gasteiger partial charge in [0.1, 0.15) is 5.82 Å². The molecule has 0 fully saturated rings. The summed E-state index contributed by atoms with van der Waals surface area (Å²) in [7, 11) is 0. The number of nitrogen functional groups attached to an aromatic ring is 1. The van der Waals surface area contributed by atoms with Crippen molar-refractivity contribution in [3.05, 3.63) is 72.9 Å². The van der Waals surface area contributed by atoms with Crippen LogP contribution in [0, 0.1) is 0 Å². The molecule has 3 rings (SSSR count). The Hall–Kier alpha value is -2.61. The fourth-order valence-electron chi connectivity index (χ4n) is 2.13. The molecule has 0 bridgehead atoms. The van der Waals surface area contributed by atoms with Crippen molar-refractivity contribution in [2.75, 3.05) is 5.73 Å². The number of anilines is 1. The maximum Gasteiger partial charge on any atom is 0.131 e. The smallest absolute Gasteiger partial charge is 0.131 e. The highest BCUT2D eigenvalue weighted by atomic mass is 14.8. The minimum absolute atomic E-state index is 0.565. The third-order valence-corrected chi connectivity index (χ3v) is 3.14. The lowest BCUT2D eigenvalue weighted by Crippen LogP contribution is -1.92. The number of aromatic nitrogens is 1. The van der Waals surface area contributed by atoms with Crippen LogP contribution < -0.4 is 5.73 Å². The molecule has 0 spiro atoms. The third kappa shape index (κ3) is 2.33. The summed E-state index contributed by atoms with van der Waals surface area (Å²) in [5.41, 5.74) is 10.4. The fraction of sp³-hybridized carbons (Fsp3) is 0. The highest BCUT2D eigenvalue weighted by Crippen LogP contribution is 2.27. The van der Waals surface area contributed by atoms with Gasteiger partial charge < -0.3 is 5.73 Å². The van der Waals surface area contributed by atoms with Crippen molar-refractivity contribution in [1.29, 1.82) is 0 Å². The van der Waals surface area contributed by atoms with Crippen LogP contribution in [0.5, 0.6) is 0 Å². The van der Waals surface area contributed by atoms with Gasteiger partial charge in [-0.05, 0) is 28.8 Å². The van der Waals surface area contributed by atoms with Crippen molar-refractivity contribution < 1.29 is 0 Å². The first-order chi connectivity index (χ1) is 9.34. The van der Waals surface area contributed by atoms with Gasteiger partial charge in [-0.2, -0.15) is 0 Å². The average Bonchev–Trinajstić information content (AvgIpc) is 2.49. The zero-order valence-corrected chi connectivity index (χ0v) is 10.5. The quantitative estimate of drug-likeness (QED) is 0.742.